The molecule has 2 aliphatic heterocycles. The predicted octanol–water partition coefficient (Wildman–Crippen LogP) is 1.36. The van der Waals surface area contributed by atoms with Gasteiger partial charge in [0, 0.05) is 40.5 Å². The Morgan fingerprint density at radius 1 is 1.54 bits per heavy atom. The minimum absolute atomic E-state index is 0.0319. The molecule has 3 heterocycles. The van der Waals surface area contributed by atoms with Crippen LogP contribution < -0.4 is 5.32 Å². The first kappa shape index (κ1) is 17.0. The Kier molecular flexibility index (Phi) is 5.20. The van der Waals surface area contributed by atoms with Crippen LogP contribution in [0.2, 0.25) is 0 Å². The van der Waals surface area contributed by atoms with Crippen molar-refractivity contribution < 1.29 is 19.4 Å². The standard InChI is InChI=1S/C15H17N3O4S2/c1-22-15(21)11-6-16-12(14(19)20)8-24-13(11)5-9-4-10-7-23-3-2-18(10)17-9/h4,6,8,13,16H,2-3,5,7H2,1H3,(H,19,20). The van der Waals surface area contributed by atoms with Crippen LogP contribution in [0.15, 0.2) is 28.9 Å². The SMILES string of the molecule is COC(=O)C1=CNC(C(=O)O)=CSC1Cc1cc2n(n1)CCSC2. The second-order valence-electron chi connectivity index (χ2n) is 5.30. The average Bonchev–Trinajstić information content (AvgIpc) is 2.86. The molecule has 0 fully saturated rings. The average molecular weight is 367 g/mol. The molecule has 2 aliphatic rings. The van der Waals surface area contributed by atoms with Crippen molar-refractivity contribution in [3.05, 3.63) is 40.3 Å². The quantitative estimate of drug-likeness (QED) is 0.771. The highest BCUT2D eigenvalue weighted by Gasteiger charge is 2.27. The lowest BCUT2D eigenvalue weighted by Gasteiger charge is -2.14. The monoisotopic (exact) mass is 367 g/mol. The lowest BCUT2D eigenvalue weighted by atomic mass is 10.1. The van der Waals surface area contributed by atoms with Crippen LogP contribution in [0.1, 0.15) is 11.4 Å². The smallest absolute Gasteiger partial charge is 0.352 e. The van der Waals surface area contributed by atoms with Crippen molar-refractivity contribution in [2.24, 2.45) is 0 Å². The lowest BCUT2D eigenvalue weighted by Crippen LogP contribution is -2.21. The number of fused-ring (bicyclic) bond motifs is 1. The number of carbonyl (C=O) groups excluding carboxylic acids is 1. The van der Waals surface area contributed by atoms with Gasteiger partial charge in [0.15, 0.2) is 0 Å². The van der Waals surface area contributed by atoms with E-state index in [2.05, 4.69) is 16.5 Å². The number of thioether (sulfide) groups is 2. The Morgan fingerprint density at radius 3 is 3.08 bits per heavy atom. The van der Waals surface area contributed by atoms with Gasteiger partial charge in [0.2, 0.25) is 0 Å². The van der Waals surface area contributed by atoms with Gasteiger partial charge in [0.05, 0.1) is 24.9 Å². The highest BCUT2D eigenvalue weighted by molar-refractivity contribution is 8.03. The summed E-state index contributed by atoms with van der Waals surface area (Å²) in [4.78, 5) is 23.2. The maximum atomic E-state index is 12.0. The number of methoxy groups -OCH3 is 1. The van der Waals surface area contributed by atoms with Crippen LogP contribution in [-0.2, 0) is 33.0 Å². The zero-order chi connectivity index (χ0) is 17.1. The van der Waals surface area contributed by atoms with Gasteiger partial charge in [-0.05, 0) is 6.07 Å². The van der Waals surface area contributed by atoms with E-state index in [0.717, 1.165) is 23.7 Å². The first-order chi connectivity index (χ1) is 11.6. The Hall–Kier alpha value is -1.87. The van der Waals surface area contributed by atoms with Crippen molar-refractivity contribution in [2.45, 2.75) is 24.0 Å². The van der Waals surface area contributed by atoms with Crippen LogP contribution >= 0.6 is 23.5 Å². The Morgan fingerprint density at radius 2 is 2.38 bits per heavy atom. The second kappa shape index (κ2) is 7.35. The molecule has 0 saturated heterocycles. The van der Waals surface area contributed by atoms with Gasteiger partial charge in [0.25, 0.3) is 0 Å². The highest BCUT2D eigenvalue weighted by Crippen LogP contribution is 2.29. The third-order valence-corrected chi connectivity index (χ3v) is 5.83. The van der Waals surface area contributed by atoms with Crippen molar-refractivity contribution in [1.82, 2.24) is 15.1 Å². The van der Waals surface area contributed by atoms with Crippen LogP contribution in [0, 0.1) is 0 Å². The van der Waals surface area contributed by atoms with E-state index in [-0.39, 0.29) is 10.9 Å². The molecular weight excluding hydrogens is 350 g/mol. The van der Waals surface area contributed by atoms with E-state index in [1.807, 2.05) is 16.4 Å². The van der Waals surface area contributed by atoms with E-state index in [1.165, 1.54) is 36.2 Å². The molecule has 7 nitrogen and oxygen atoms in total. The third-order valence-electron chi connectivity index (χ3n) is 3.74. The molecule has 1 aromatic rings. The number of aliphatic carboxylic acids is 1. The molecule has 3 rings (SSSR count). The van der Waals surface area contributed by atoms with Gasteiger partial charge in [-0.2, -0.15) is 16.9 Å². The van der Waals surface area contributed by atoms with E-state index in [4.69, 9.17) is 9.84 Å². The number of ether oxygens (including phenoxy) is 1. The Labute approximate surface area is 147 Å². The normalized spacial score (nSPS) is 20.1. The first-order valence-electron chi connectivity index (χ1n) is 7.35. The van der Waals surface area contributed by atoms with E-state index in [1.54, 1.807) is 0 Å². The van der Waals surface area contributed by atoms with Gasteiger partial charge in [-0.3, -0.25) is 4.68 Å². The second-order valence-corrected chi connectivity index (χ2v) is 7.49. The number of rotatable bonds is 4. The molecule has 0 radical (unpaired) electrons. The van der Waals surface area contributed by atoms with Gasteiger partial charge in [-0.15, -0.1) is 11.8 Å². The van der Waals surface area contributed by atoms with Gasteiger partial charge >= 0.3 is 11.9 Å². The number of nitrogens with one attached hydrogen (secondary N) is 1. The number of carboxylic acids is 1. The van der Waals surface area contributed by atoms with Crippen molar-refractivity contribution >= 4 is 35.5 Å². The number of aromatic nitrogens is 2. The lowest BCUT2D eigenvalue weighted by molar-refractivity contribution is -0.136. The summed E-state index contributed by atoms with van der Waals surface area (Å²) in [5.41, 5.74) is 2.51. The molecule has 1 unspecified atom stereocenters. The molecule has 0 saturated carbocycles. The van der Waals surface area contributed by atoms with Gasteiger partial charge in [-0.25, -0.2) is 9.59 Å². The summed E-state index contributed by atoms with van der Waals surface area (Å²) in [6.45, 7) is 0.891. The molecule has 9 heteroatoms. The topological polar surface area (TPSA) is 93.5 Å². The summed E-state index contributed by atoms with van der Waals surface area (Å²) < 4.78 is 6.84. The first-order valence-corrected chi connectivity index (χ1v) is 9.45. The van der Waals surface area contributed by atoms with Crippen molar-refractivity contribution in [1.29, 1.82) is 0 Å². The van der Waals surface area contributed by atoms with Gasteiger partial charge in [0.1, 0.15) is 5.70 Å². The number of esters is 1. The van der Waals surface area contributed by atoms with E-state index < -0.39 is 11.9 Å². The van der Waals surface area contributed by atoms with E-state index in [0.29, 0.717) is 12.0 Å². The molecule has 1 aromatic heterocycles. The maximum absolute atomic E-state index is 12.0. The summed E-state index contributed by atoms with van der Waals surface area (Å²) in [6.07, 6.45) is 1.95. The number of hydrogen-bond donors (Lipinski definition) is 2. The fourth-order valence-corrected chi connectivity index (χ4v) is 4.46. The molecule has 2 N–H and O–H groups in total. The molecule has 24 heavy (non-hydrogen) atoms. The third kappa shape index (κ3) is 3.62. The van der Waals surface area contributed by atoms with Crippen LogP contribution in [-0.4, -0.2) is 44.9 Å². The summed E-state index contributed by atoms with van der Waals surface area (Å²) in [6, 6.07) is 2.06. The fourth-order valence-electron chi connectivity index (χ4n) is 2.53. The van der Waals surface area contributed by atoms with Gasteiger partial charge in [-0.1, -0.05) is 0 Å². The zero-order valence-corrected chi connectivity index (χ0v) is 14.7. The van der Waals surface area contributed by atoms with Gasteiger partial charge < -0.3 is 15.2 Å². The molecule has 1 atom stereocenters. The molecule has 0 amide bonds. The van der Waals surface area contributed by atoms with Crippen LogP contribution in [0.25, 0.3) is 0 Å². The number of aryl methyl sites for hydroxylation is 1. The van der Waals surface area contributed by atoms with Crippen LogP contribution in [0.5, 0.6) is 0 Å². The Balaban J connectivity index is 1.83. The summed E-state index contributed by atoms with van der Waals surface area (Å²) in [5, 5.41) is 17.6. The van der Waals surface area contributed by atoms with Crippen molar-refractivity contribution in [2.75, 3.05) is 12.9 Å². The molecule has 0 aromatic carbocycles. The maximum Gasteiger partial charge on any atom is 0.352 e. The zero-order valence-electron chi connectivity index (χ0n) is 13.0. The molecule has 0 bridgehead atoms. The molecular formula is C15H17N3O4S2. The molecule has 0 aliphatic carbocycles. The van der Waals surface area contributed by atoms with E-state index in [9.17, 15) is 9.59 Å². The largest absolute Gasteiger partial charge is 0.477 e. The number of nitrogens with zero attached hydrogens (tertiary/aromatic N) is 2. The molecule has 128 valence electrons. The van der Waals surface area contributed by atoms with E-state index >= 15 is 0 Å². The van der Waals surface area contributed by atoms with Crippen LogP contribution in [0.4, 0.5) is 0 Å². The summed E-state index contributed by atoms with van der Waals surface area (Å²) in [7, 11) is 1.31. The minimum Gasteiger partial charge on any atom is -0.477 e. The van der Waals surface area contributed by atoms with Crippen molar-refractivity contribution in [3.63, 3.8) is 0 Å². The number of hydrogen-bond acceptors (Lipinski definition) is 7. The Bertz CT molecular complexity index is 703. The van der Waals surface area contributed by atoms with Crippen molar-refractivity contribution in [3.8, 4) is 0 Å². The number of carbonyl (C=O) groups is 2. The summed E-state index contributed by atoms with van der Waals surface area (Å²) in [5.74, 6) is 0.446. The summed E-state index contributed by atoms with van der Waals surface area (Å²) >= 11 is 3.16. The predicted molar refractivity (Wildman–Crippen MR) is 92.4 cm³/mol. The highest BCUT2D eigenvalue weighted by atomic mass is 32.2. The fraction of sp³-hybridized carbons (Fsp3) is 0.400. The minimum atomic E-state index is -1.07. The molecule has 0 spiro atoms. The van der Waals surface area contributed by atoms with Crippen LogP contribution in [0.3, 0.4) is 0 Å². The number of carboxylic acid groups (broad SMARTS) is 1.